The van der Waals surface area contributed by atoms with E-state index >= 15 is 0 Å². The van der Waals surface area contributed by atoms with E-state index < -0.39 is 0 Å². The summed E-state index contributed by atoms with van der Waals surface area (Å²) < 4.78 is 0. The molecule has 0 unspecified atom stereocenters. The van der Waals surface area contributed by atoms with Crippen LogP contribution < -0.4 is 10.2 Å². The molecular weight excluding hydrogens is 230 g/mol. The zero-order valence-corrected chi connectivity index (χ0v) is 11.2. The standard InChI is InChI=1S/C13H17N3S/c1-10-14-8-13(17-10)9-15-11-4-6-12(7-5-11)16(2)3/h4-8,15H,9H2,1-3H3. The van der Waals surface area contributed by atoms with Crippen LogP contribution in [-0.4, -0.2) is 19.1 Å². The minimum Gasteiger partial charge on any atom is -0.380 e. The van der Waals surface area contributed by atoms with Gasteiger partial charge in [0.2, 0.25) is 0 Å². The van der Waals surface area contributed by atoms with E-state index in [-0.39, 0.29) is 0 Å². The van der Waals surface area contributed by atoms with E-state index in [4.69, 9.17) is 0 Å². The van der Waals surface area contributed by atoms with Crippen LogP contribution in [0.15, 0.2) is 30.5 Å². The van der Waals surface area contributed by atoms with Crippen molar-refractivity contribution < 1.29 is 0 Å². The second kappa shape index (κ2) is 5.19. The van der Waals surface area contributed by atoms with Crippen molar-refractivity contribution in [3.63, 3.8) is 0 Å². The molecule has 0 aliphatic rings. The summed E-state index contributed by atoms with van der Waals surface area (Å²) in [6.45, 7) is 2.87. The quantitative estimate of drug-likeness (QED) is 0.899. The molecule has 3 nitrogen and oxygen atoms in total. The molecule has 2 aromatic rings. The minimum absolute atomic E-state index is 0.840. The highest BCUT2D eigenvalue weighted by atomic mass is 32.1. The number of anilines is 2. The maximum atomic E-state index is 4.24. The van der Waals surface area contributed by atoms with Crippen molar-refractivity contribution in [1.82, 2.24) is 4.98 Å². The molecule has 1 aromatic carbocycles. The average Bonchev–Trinajstić information content (AvgIpc) is 2.73. The number of aromatic nitrogens is 1. The second-order valence-electron chi connectivity index (χ2n) is 4.14. The molecule has 0 saturated carbocycles. The predicted molar refractivity (Wildman–Crippen MR) is 74.9 cm³/mol. The summed E-state index contributed by atoms with van der Waals surface area (Å²) in [5.74, 6) is 0. The molecule has 0 aliphatic heterocycles. The summed E-state index contributed by atoms with van der Waals surface area (Å²) in [5, 5.41) is 4.51. The summed E-state index contributed by atoms with van der Waals surface area (Å²) in [5.41, 5.74) is 2.35. The van der Waals surface area contributed by atoms with Gasteiger partial charge in [-0.2, -0.15) is 0 Å². The monoisotopic (exact) mass is 247 g/mol. The third-order valence-electron chi connectivity index (χ3n) is 2.52. The SMILES string of the molecule is Cc1ncc(CNc2ccc(N(C)C)cc2)s1. The zero-order chi connectivity index (χ0) is 12.3. The van der Waals surface area contributed by atoms with Gasteiger partial charge in [-0.15, -0.1) is 11.3 Å². The number of benzene rings is 1. The number of rotatable bonds is 4. The molecule has 0 bridgehead atoms. The molecule has 0 saturated heterocycles. The topological polar surface area (TPSA) is 28.2 Å². The molecule has 0 radical (unpaired) electrons. The lowest BCUT2D eigenvalue weighted by Crippen LogP contribution is -2.08. The third kappa shape index (κ3) is 3.20. The van der Waals surface area contributed by atoms with Crippen LogP contribution in [0.1, 0.15) is 9.88 Å². The molecule has 0 atom stereocenters. The number of aryl methyl sites for hydroxylation is 1. The van der Waals surface area contributed by atoms with E-state index in [9.17, 15) is 0 Å². The molecule has 1 N–H and O–H groups in total. The lowest BCUT2D eigenvalue weighted by Gasteiger charge is -2.13. The molecule has 0 spiro atoms. The number of nitrogens with one attached hydrogen (secondary N) is 1. The Balaban J connectivity index is 1.95. The van der Waals surface area contributed by atoms with Gasteiger partial charge in [0, 0.05) is 36.5 Å². The maximum Gasteiger partial charge on any atom is 0.0897 e. The van der Waals surface area contributed by atoms with Gasteiger partial charge >= 0.3 is 0 Å². The summed E-state index contributed by atoms with van der Waals surface area (Å²) in [7, 11) is 4.09. The van der Waals surface area contributed by atoms with E-state index in [1.165, 1.54) is 10.6 Å². The van der Waals surface area contributed by atoms with Gasteiger partial charge in [-0.1, -0.05) is 0 Å². The largest absolute Gasteiger partial charge is 0.380 e. The van der Waals surface area contributed by atoms with Crippen LogP contribution in [0.3, 0.4) is 0 Å². The van der Waals surface area contributed by atoms with E-state index in [0.717, 1.165) is 17.2 Å². The van der Waals surface area contributed by atoms with Crippen LogP contribution in [0.2, 0.25) is 0 Å². The van der Waals surface area contributed by atoms with Gasteiger partial charge in [0.25, 0.3) is 0 Å². The molecule has 1 heterocycles. The Labute approximate surface area is 106 Å². The van der Waals surface area contributed by atoms with E-state index in [2.05, 4.69) is 39.5 Å². The highest BCUT2D eigenvalue weighted by Crippen LogP contribution is 2.18. The summed E-state index contributed by atoms with van der Waals surface area (Å²) in [6, 6.07) is 8.42. The first kappa shape index (κ1) is 11.9. The normalized spacial score (nSPS) is 10.3. The Morgan fingerprint density at radius 2 is 1.94 bits per heavy atom. The fourth-order valence-electron chi connectivity index (χ4n) is 1.55. The Morgan fingerprint density at radius 1 is 1.24 bits per heavy atom. The molecule has 2 rings (SSSR count). The molecule has 4 heteroatoms. The Morgan fingerprint density at radius 3 is 2.47 bits per heavy atom. The van der Waals surface area contributed by atoms with Gasteiger partial charge in [-0.3, -0.25) is 0 Å². The van der Waals surface area contributed by atoms with Crippen molar-refractivity contribution >= 4 is 22.7 Å². The van der Waals surface area contributed by atoms with Crippen molar-refractivity contribution in [2.75, 3.05) is 24.3 Å². The molecule has 17 heavy (non-hydrogen) atoms. The third-order valence-corrected chi connectivity index (χ3v) is 3.43. The maximum absolute atomic E-state index is 4.24. The fraction of sp³-hybridized carbons (Fsp3) is 0.308. The molecular formula is C13H17N3S. The second-order valence-corrected chi connectivity index (χ2v) is 5.46. The van der Waals surface area contributed by atoms with Crippen molar-refractivity contribution in [1.29, 1.82) is 0 Å². The smallest absolute Gasteiger partial charge is 0.0897 e. The number of hydrogen-bond donors (Lipinski definition) is 1. The molecule has 1 aromatic heterocycles. The summed E-state index contributed by atoms with van der Waals surface area (Å²) in [6.07, 6.45) is 1.93. The number of nitrogens with zero attached hydrogens (tertiary/aromatic N) is 2. The lowest BCUT2D eigenvalue weighted by atomic mass is 10.2. The van der Waals surface area contributed by atoms with Crippen molar-refractivity contribution in [3.05, 3.63) is 40.3 Å². The molecule has 0 amide bonds. The van der Waals surface area contributed by atoms with Crippen LogP contribution in [0, 0.1) is 6.92 Å². The van der Waals surface area contributed by atoms with Gasteiger partial charge in [-0.25, -0.2) is 4.98 Å². The van der Waals surface area contributed by atoms with E-state index in [0.29, 0.717) is 0 Å². The van der Waals surface area contributed by atoms with Gasteiger partial charge in [0.1, 0.15) is 0 Å². The first-order valence-electron chi connectivity index (χ1n) is 5.58. The van der Waals surface area contributed by atoms with Crippen LogP contribution >= 0.6 is 11.3 Å². The average molecular weight is 247 g/mol. The lowest BCUT2D eigenvalue weighted by molar-refractivity contribution is 1.13. The van der Waals surface area contributed by atoms with Gasteiger partial charge in [-0.05, 0) is 31.2 Å². The minimum atomic E-state index is 0.840. The zero-order valence-electron chi connectivity index (χ0n) is 10.4. The fourth-order valence-corrected chi connectivity index (χ4v) is 2.29. The van der Waals surface area contributed by atoms with Crippen molar-refractivity contribution in [3.8, 4) is 0 Å². The summed E-state index contributed by atoms with van der Waals surface area (Å²) >= 11 is 1.73. The van der Waals surface area contributed by atoms with Crippen molar-refractivity contribution in [2.24, 2.45) is 0 Å². The summed E-state index contributed by atoms with van der Waals surface area (Å²) in [4.78, 5) is 7.59. The number of hydrogen-bond acceptors (Lipinski definition) is 4. The van der Waals surface area contributed by atoms with E-state index in [1.807, 2.05) is 27.2 Å². The van der Waals surface area contributed by atoms with Crippen LogP contribution in [0.25, 0.3) is 0 Å². The first-order chi connectivity index (χ1) is 8.15. The highest BCUT2D eigenvalue weighted by molar-refractivity contribution is 7.11. The van der Waals surface area contributed by atoms with Crippen LogP contribution in [0.4, 0.5) is 11.4 Å². The highest BCUT2D eigenvalue weighted by Gasteiger charge is 1.99. The van der Waals surface area contributed by atoms with Gasteiger partial charge in [0.15, 0.2) is 0 Å². The number of thiazole rings is 1. The van der Waals surface area contributed by atoms with Gasteiger partial charge in [0.05, 0.1) is 11.6 Å². The van der Waals surface area contributed by atoms with Crippen molar-refractivity contribution in [2.45, 2.75) is 13.5 Å². The first-order valence-corrected chi connectivity index (χ1v) is 6.39. The molecule has 0 aliphatic carbocycles. The Hall–Kier alpha value is -1.55. The van der Waals surface area contributed by atoms with Gasteiger partial charge < -0.3 is 10.2 Å². The Bertz CT molecular complexity index is 474. The molecule has 90 valence electrons. The van der Waals surface area contributed by atoms with E-state index in [1.54, 1.807) is 11.3 Å². The predicted octanol–water partition coefficient (Wildman–Crippen LogP) is 3.13. The van der Waals surface area contributed by atoms with Crippen LogP contribution in [-0.2, 0) is 6.54 Å². The Kier molecular flexibility index (Phi) is 3.64. The molecule has 0 fully saturated rings. The van der Waals surface area contributed by atoms with Crippen LogP contribution in [0.5, 0.6) is 0 Å².